The molecule has 3 atom stereocenters. The molecule has 2 aromatic carbocycles. The molecule has 1 aliphatic carbocycles. The summed E-state index contributed by atoms with van der Waals surface area (Å²) in [6.45, 7) is 0. The number of likely N-dealkylation sites (tertiary alicyclic amines) is 1. The predicted molar refractivity (Wildman–Crippen MR) is 107 cm³/mol. The number of benzene rings is 2. The quantitative estimate of drug-likeness (QED) is 0.675. The summed E-state index contributed by atoms with van der Waals surface area (Å²) in [5.41, 5.74) is -0.0885. The summed E-state index contributed by atoms with van der Waals surface area (Å²) in [7, 11) is 0. The van der Waals surface area contributed by atoms with Crippen LogP contribution in [0.4, 0.5) is 18.9 Å². The van der Waals surface area contributed by atoms with Crippen LogP contribution in [0.2, 0.25) is 5.02 Å². The van der Waals surface area contributed by atoms with E-state index < -0.39 is 35.1 Å². The van der Waals surface area contributed by atoms with Gasteiger partial charge in [0.2, 0.25) is 5.91 Å². The van der Waals surface area contributed by atoms with Crippen LogP contribution in [0.5, 0.6) is 0 Å². The van der Waals surface area contributed by atoms with Gasteiger partial charge in [0.15, 0.2) is 17.5 Å². The Morgan fingerprint density at radius 2 is 1.80 bits per heavy atom. The Labute approximate surface area is 177 Å². The Balaban J connectivity index is 1.63. The Bertz CT molecular complexity index is 1000. The van der Waals surface area contributed by atoms with Gasteiger partial charge < -0.3 is 10.2 Å². The number of anilines is 1. The lowest BCUT2D eigenvalue weighted by Gasteiger charge is -2.33. The molecule has 1 N–H and O–H groups in total. The molecule has 2 aromatic rings. The molecular formula is C22H20ClF3N2O2. The molecule has 158 valence electrons. The number of halogens is 4. The Kier molecular flexibility index (Phi) is 5.73. The zero-order valence-corrected chi connectivity index (χ0v) is 16.8. The molecule has 2 amide bonds. The number of carbonyl (C=O) groups excluding carboxylic acids is 2. The number of rotatable bonds is 3. The molecule has 1 saturated carbocycles. The van der Waals surface area contributed by atoms with Gasteiger partial charge in [-0.25, -0.2) is 13.2 Å². The van der Waals surface area contributed by atoms with Crippen molar-refractivity contribution < 1.29 is 22.8 Å². The first-order valence-corrected chi connectivity index (χ1v) is 10.3. The molecule has 0 bridgehead atoms. The van der Waals surface area contributed by atoms with Gasteiger partial charge in [-0.2, -0.15) is 0 Å². The van der Waals surface area contributed by atoms with Gasteiger partial charge in [-0.3, -0.25) is 9.59 Å². The second kappa shape index (κ2) is 8.30. The van der Waals surface area contributed by atoms with Gasteiger partial charge in [0.1, 0.15) is 6.04 Å². The van der Waals surface area contributed by atoms with Crippen LogP contribution in [-0.2, 0) is 4.79 Å². The number of nitrogens with one attached hydrogen (secondary N) is 1. The molecule has 0 unspecified atom stereocenters. The third-order valence-electron chi connectivity index (χ3n) is 5.99. The summed E-state index contributed by atoms with van der Waals surface area (Å²) in [6.07, 6.45) is 4.08. The van der Waals surface area contributed by atoms with Crippen molar-refractivity contribution in [3.63, 3.8) is 0 Å². The van der Waals surface area contributed by atoms with Gasteiger partial charge in [-0.1, -0.05) is 30.5 Å². The van der Waals surface area contributed by atoms with Gasteiger partial charge in [0.25, 0.3) is 5.91 Å². The Morgan fingerprint density at radius 1 is 1.03 bits per heavy atom. The molecule has 0 aromatic heterocycles. The van der Waals surface area contributed by atoms with Crippen molar-refractivity contribution in [1.29, 1.82) is 0 Å². The number of hydrogen-bond donors (Lipinski definition) is 1. The highest BCUT2D eigenvalue weighted by molar-refractivity contribution is 6.31. The highest BCUT2D eigenvalue weighted by Gasteiger charge is 2.47. The minimum atomic E-state index is -1.65. The lowest BCUT2D eigenvalue weighted by Crippen LogP contribution is -2.47. The summed E-state index contributed by atoms with van der Waals surface area (Å²) in [4.78, 5) is 27.9. The highest BCUT2D eigenvalue weighted by atomic mass is 35.5. The maximum atomic E-state index is 14.0. The monoisotopic (exact) mass is 436 g/mol. The van der Waals surface area contributed by atoms with Crippen molar-refractivity contribution in [2.24, 2.45) is 5.92 Å². The molecule has 1 aliphatic heterocycles. The van der Waals surface area contributed by atoms with Crippen LogP contribution in [0, 0.1) is 23.4 Å². The minimum Gasteiger partial charge on any atom is -0.323 e. The van der Waals surface area contributed by atoms with Crippen LogP contribution in [0.3, 0.4) is 0 Å². The van der Waals surface area contributed by atoms with Gasteiger partial charge in [-0.15, -0.1) is 0 Å². The van der Waals surface area contributed by atoms with E-state index in [9.17, 15) is 22.8 Å². The summed E-state index contributed by atoms with van der Waals surface area (Å²) < 4.78 is 40.8. The van der Waals surface area contributed by atoms with E-state index in [0.29, 0.717) is 17.0 Å². The summed E-state index contributed by atoms with van der Waals surface area (Å²) in [6, 6.07) is 7.28. The fraction of sp³-hybridized carbons (Fsp3) is 0.364. The number of amides is 2. The lowest BCUT2D eigenvalue weighted by molar-refractivity contribution is -0.120. The van der Waals surface area contributed by atoms with Crippen LogP contribution >= 0.6 is 11.6 Å². The van der Waals surface area contributed by atoms with E-state index in [-0.39, 0.29) is 17.9 Å². The van der Waals surface area contributed by atoms with Crippen molar-refractivity contribution in [1.82, 2.24) is 4.90 Å². The molecule has 0 radical (unpaired) electrons. The van der Waals surface area contributed by atoms with Crippen LogP contribution in [0.15, 0.2) is 36.4 Å². The molecule has 30 heavy (non-hydrogen) atoms. The van der Waals surface area contributed by atoms with Crippen molar-refractivity contribution >= 4 is 29.1 Å². The Morgan fingerprint density at radius 3 is 2.57 bits per heavy atom. The standard InChI is InChI=1S/C22H20ClF3N2O2/c23-14-6-3-5-13(10-14)22(30)28-17-7-2-1-4-12(17)11-18(28)21(29)27-16-9-8-15(24)19(25)20(16)26/h3,5-6,8-10,12,17-18H,1-2,4,7,11H2,(H,27,29)/t12-,17-,18+/m1/s1. The number of nitrogens with zero attached hydrogens (tertiary/aromatic N) is 1. The fourth-order valence-electron chi connectivity index (χ4n) is 4.60. The number of carbonyl (C=O) groups is 2. The molecule has 0 spiro atoms. The average Bonchev–Trinajstić information content (AvgIpc) is 3.13. The van der Waals surface area contributed by atoms with E-state index >= 15 is 0 Å². The summed E-state index contributed by atoms with van der Waals surface area (Å²) in [5.74, 6) is -5.24. The first kappa shape index (κ1) is 20.7. The third-order valence-corrected chi connectivity index (χ3v) is 6.22. The van der Waals surface area contributed by atoms with Crippen molar-refractivity contribution in [2.75, 3.05) is 5.32 Å². The van der Waals surface area contributed by atoms with E-state index in [2.05, 4.69) is 5.32 Å². The van der Waals surface area contributed by atoms with Crippen molar-refractivity contribution in [3.8, 4) is 0 Å². The van der Waals surface area contributed by atoms with Gasteiger partial charge in [-0.05, 0) is 55.5 Å². The van der Waals surface area contributed by atoms with E-state index in [1.807, 2.05) is 0 Å². The largest absolute Gasteiger partial charge is 0.323 e. The third kappa shape index (κ3) is 3.78. The van der Waals surface area contributed by atoms with Crippen LogP contribution in [0.1, 0.15) is 42.5 Å². The smallest absolute Gasteiger partial charge is 0.254 e. The van der Waals surface area contributed by atoms with E-state index in [0.717, 1.165) is 37.8 Å². The Hall–Kier alpha value is -2.54. The van der Waals surface area contributed by atoms with E-state index in [1.165, 1.54) is 0 Å². The van der Waals surface area contributed by atoms with E-state index in [1.54, 1.807) is 29.2 Å². The number of fused-ring (bicyclic) bond motifs is 1. The molecule has 8 heteroatoms. The van der Waals surface area contributed by atoms with Gasteiger partial charge in [0.05, 0.1) is 5.69 Å². The van der Waals surface area contributed by atoms with Crippen molar-refractivity contribution in [2.45, 2.75) is 44.2 Å². The second-order valence-corrected chi connectivity index (χ2v) is 8.23. The summed E-state index contributed by atoms with van der Waals surface area (Å²) in [5, 5.41) is 2.74. The van der Waals surface area contributed by atoms with Crippen LogP contribution in [0.25, 0.3) is 0 Å². The SMILES string of the molecule is O=C(Nc1ccc(F)c(F)c1F)[C@@H]1C[C@H]2CCCC[C@H]2N1C(=O)c1cccc(Cl)c1. The molecular weight excluding hydrogens is 417 g/mol. The second-order valence-electron chi connectivity index (χ2n) is 7.80. The van der Waals surface area contributed by atoms with E-state index in [4.69, 9.17) is 11.6 Å². The molecule has 4 rings (SSSR count). The first-order valence-electron chi connectivity index (χ1n) is 9.89. The zero-order chi connectivity index (χ0) is 21.4. The lowest BCUT2D eigenvalue weighted by atomic mass is 9.84. The molecule has 1 heterocycles. The number of hydrogen-bond acceptors (Lipinski definition) is 2. The molecule has 1 saturated heterocycles. The van der Waals surface area contributed by atoms with Crippen LogP contribution < -0.4 is 5.32 Å². The minimum absolute atomic E-state index is 0.101. The molecule has 2 aliphatic rings. The zero-order valence-electron chi connectivity index (χ0n) is 16.0. The van der Waals surface area contributed by atoms with Gasteiger partial charge in [0, 0.05) is 16.6 Å². The van der Waals surface area contributed by atoms with Gasteiger partial charge >= 0.3 is 0 Å². The maximum absolute atomic E-state index is 14.0. The highest BCUT2D eigenvalue weighted by Crippen LogP contribution is 2.41. The van der Waals surface area contributed by atoms with Crippen LogP contribution in [-0.4, -0.2) is 28.8 Å². The average molecular weight is 437 g/mol. The first-order chi connectivity index (χ1) is 14.4. The normalized spacial score (nSPS) is 23.2. The van der Waals surface area contributed by atoms with Crippen molar-refractivity contribution in [3.05, 3.63) is 64.4 Å². The molecule has 2 fully saturated rings. The summed E-state index contributed by atoms with van der Waals surface area (Å²) >= 11 is 6.03. The topological polar surface area (TPSA) is 49.4 Å². The maximum Gasteiger partial charge on any atom is 0.254 e. The predicted octanol–water partition coefficient (Wildman–Crippen LogP) is 5.17. The molecule has 4 nitrogen and oxygen atoms in total. The fourth-order valence-corrected chi connectivity index (χ4v) is 4.79.